The third-order valence-corrected chi connectivity index (χ3v) is 10.8. The van der Waals surface area contributed by atoms with Gasteiger partial charge in [-0.2, -0.15) is 0 Å². The molecule has 0 aliphatic carbocycles. The normalized spacial score (nSPS) is 12.7. The summed E-state index contributed by atoms with van der Waals surface area (Å²) in [5.74, 6) is 3.29. The molecule has 322 valence electrons. The monoisotopic (exact) mass is 832 g/mol. The Kier molecular flexibility index (Phi) is 15.5. The molecule has 6 aromatic rings. The molecule has 0 spiro atoms. The molecule has 0 bridgehead atoms. The van der Waals surface area contributed by atoms with Gasteiger partial charge < -0.3 is 28.4 Å². The van der Waals surface area contributed by atoms with Crippen LogP contribution >= 0.6 is 0 Å². The van der Waals surface area contributed by atoms with Gasteiger partial charge in [-0.15, -0.1) is 0 Å². The molecule has 62 heavy (non-hydrogen) atoms. The minimum atomic E-state index is -0.403. The average Bonchev–Trinajstić information content (AvgIpc) is 3.25. The standard InChI is InChI=1S/C54H60N2O6/c1-35-15-13-17-41(29-35)55-53(59-9)51(43-31-37(3)19-23-47(43)57-7)45-33-39(5)21-25-49(45)61-27-11-12-28-62-50-26-22-40(6)34-46(50)52(44-32-38(4)20-24-48(44)58-8)54(60-10)56-42-18-14-16-36(2)30-42/h13-26,29-34,51-52H,11-12,27-28H2,1-10H3/b55-53-,56-54-. The van der Waals surface area contributed by atoms with E-state index in [-0.39, 0.29) is 0 Å². The minimum absolute atomic E-state index is 0.403. The molecule has 0 radical (unpaired) electrons. The number of hydrogen-bond donors (Lipinski definition) is 0. The molecule has 0 saturated heterocycles. The number of nitrogens with zero attached hydrogens (tertiary/aromatic N) is 2. The summed E-state index contributed by atoms with van der Waals surface area (Å²) in [7, 11) is 6.73. The van der Waals surface area contributed by atoms with Crippen LogP contribution in [0, 0.1) is 41.5 Å². The maximum Gasteiger partial charge on any atom is 0.200 e. The van der Waals surface area contributed by atoms with Gasteiger partial charge in [0.25, 0.3) is 0 Å². The van der Waals surface area contributed by atoms with Crippen molar-refractivity contribution in [3.8, 4) is 23.0 Å². The van der Waals surface area contributed by atoms with Crippen molar-refractivity contribution in [2.45, 2.75) is 66.2 Å². The molecule has 2 unspecified atom stereocenters. The van der Waals surface area contributed by atoms with Crippen molar-refractivity contribution in [3.05, 3.63) is 177 Å². The molecule has 6 aromatic carbocycles. The first-order valence-corrected chi connectivity index (χ1v) is 21.2. The minimum Gasteiger partial charge on any atom is -0.496 e. The van der Waals surface area contributed by atoms with Gasteiger partial charge in [-0.05, 0) is 114 Å². The summed E-state index contributed by atoms with van der Waals surface area (Å²) in [6, 6.07) is 41.1. The van der Waals surface area contributed by atoms with Crippen LogP contribution in [0.4, 0.5) is 11.4 Å². The van der Waals surface area contributed by atoms with Crippen LogP contribution in [0.2, 0.25) is 0 Å². The summed E-state index contributed by atoms with van der Waals surface area (Å²) < 4.78 is 37.4. The molecule has 0 N–H and O–H groups in total. The Morgan fingerprint density at radius 2 is 0.726 bits per heavy atom. The van der Waals surface area contributed by atoms with Crippen LogP contribution in [0.5, 0.6) is 23.0 Å². The maximum absolute atomic E-state index is 6.64. The third-order valence-electron chi connectivity index (χ3n) is 10.8. The summed E-state index contributed by atoms with van der Waals surface area (Å²) >= 11 is 0. The predicted molar refractivity (Wildman–Crippen MR) is 252 cm³/mol. The number of unbranched alkanes of at least 4 members (excludes halogenated alkanes) is 1. The van der Waals surface area contributed by atoms with E-state index in [1.54, 1.807) is 28.4 Å². The van der Waals surface area contributed by atoms with E-state index >= 15 is 0 Å². The zero-order chi connectivity index (χ0) is 44.2. The highest BCUT2D eigenvalue weighted by molar-refractivity contribution is 5.92. The molecule has 0 heterocycles. The Balaban J connectivity index is 1.26. The van der Waals surface area contributed by atoms with E-state index in [2.05, 4.69) is 90.1 Å². The lowest BCUT2D eigenvalue weighted by molar-refractivity contribution is 0.263. The van der Waals surface area contributed by atoms with Crippen LogP contribution in [0.1, 0.15) is 80.3 Å². The van der Waals surface area contributed by atoms with Gasteiger partial charge in [0.05, 0.1) is 64.9 Å². The number of benzene rings is 6. The summed E-state index contributed by atoms with van der Waals surface area (Å²) in [5, 5.41) is 0. The second-order valence-corrected chi connectivity index (χ2v) is 15.8. The Labute approximate surface area is 368 Å². The van der Waals surface area contributed by atoms with Gasteiger partial charge in [0, 0.05) is 22.3 Å². The number of hydrogen-bond acceptors (Lipinski definition) is 8. The zero-order valence-corrected chi connectivity index (χ0v) is 37.9. The van der Waals surface area contributed by atoms with Crippen LogP contribution in [0.15, 0.2) is 131 Å². The first-order valence-electron chi connectivity index (χ1n) is 21.2. The largest absolute Gasteiger partial charge is 0.496 e. The van der Waals surface area contributed by atoms with E-state index in [9.17, 15) is 0 Å². The van der Waals surface area contributed by atoms with Crippen molar-refractivity contribution in [1.82, 2.24) is 0 Å². The average molecular weight is 833 g/mol. The predicted octanol–water partition coefficient (Wildman–Crippen LogP) is 12.8. The first-order chi connectivity index (χ1) is 30.0. The molecule has 0 aliphatic rings. The van der Waals surface area contributed by atoms with Crippen molar-refractivity contribution in [3.63, 3.8) is 0 Å². The Bertz CT molecular complexity index is 2350. The molecule has 0 saturated carbocycles. The molecular weight excluding hydrogens is 773 g/mol. The zero-order valence-electron chi connectivity index (χ0n) is 37.9. The lowest BCUT2D eigenvalue weighted by atomic mass is 9.87. The molecule has 2 atom stereocenters. The summed E-state index contributed by atoms with van der Waals surface area (Å²) in [6.45, 7) is 13.4. The molecule has 0 aromatic heterocycles. The quantitative estimate of drug-likeness (QED) is 0.0517. The van der Waals surface area contributed by atoms with Gasteiger partial charge in [-0.1, -0.05) is 95.1 Å². The summed E-state index contributed by atoms with van der Waals surface area (Å²) in [6.07, 6.45) is 1.52. The smallest absolute Gasteiger partial charge is 0.200 e. The Morgan fingerprint density at radius 1 is 0.403 bits per heavy atom. The molecule has 8 nitrogen and oxygen atoms in total. The number of ether oxygens (including phenoxy) is 6. The van der Waals surface area contributed by atoms with Crippen molar-refractivity contribution in [2.24, 2.45) is 9.98 Å². The van der Waals surface area contributed by atoms with Crippen LogP contribution in [0.3, 0.4) is 0 Å². The van der Waals surface area contributed by atoms with Crippen molar-refractivity contribution >= 4 is 23.2 Å². The number of aliphatic imine (C=N–C) groups is 2. The van der Waals surface area contributed by atoms with Gasteiger partial charge in [0.2, 0.25) is 11.8 Å². The van der Waals surface area contributed by atoms with Crippen molar-refractivity contribution in [1.29, 1.82) is 0 Å². The maximum atomic E-state index is 6.64. The van der Waals surface area contributed by atoms with E-state index in [1.807, 2.05) is 72.8 Å². The van der Waals surface area contributed by atoms with Crippen LogP contribution in [-0.4, -0.2) is 53.4 Å². The van der Waals surface area contributed by atoms with Gasteiger partial charge >= 0.3 is 0 Å². The topological polar surface area (TPSA) is 80.1 Å². The summed E-state index contributed by atoms with van der Waals surface area (Å²) in [4.78, 5) is 10.1. The first kappa shape index (κ1) is 45.0. The van der Waals surface area contributed by atoms with Gasteiger partial charge in [0.15, 0.2) is 0 Å². The van der Waals surface area contributed by atoms with E-state index in [1.165, 1.54) is 0 Å². The van der Waals surface area contributed by atoms with Gasteiger partial charge in [-0.3, -0.25) is 0 Å². The summed E-state index contributed by atoms with van der Waals surface area (Å²) in [5.41, 5.74) is 12.0. The van der Waals surface area contributed by atoms with Crippen molar-refractivity contribution in [2.75, 3.05) is 41.7 Å². The van der Waals surface area contributed by atoms with E-state index in [4.69, 9.17) is 38.4 Å². The van der Waals surface area contributed by atoms with E-state index < -0.39 is 11.8 Å². The molecule has 0 fully saturated rings. The molecule has 0 aliphatic heterocycles. The Morgan fingerprint density at radius 3 is 1.05 bits per heavy atom. The lowest BCUT2D eigenvalue weighted by Crippen LogP contribution is -2.19. The van der Waals surface area contributed by atoms with Gasteiger partial charge in [-0.25, -0.2) is 9.98 Å². The molecule has 8 heteroatoms. The van der Waals surface area contributed by atoms with E-state index in [0.717, 1.165) is 103 Å². The fourth-order valence-electron chi connectivity index (χ4n) is 7.75. The lowest BCUT2D eigenvalue weighted by Gasteiger charge is -2.25. The SMILES string of the molecule is CO/C(=N\c1cccc(C)c1)C(c1cc(C)ccc1OC)c1cc(C)ccc1OCCCCOc1ccc(C)cc1C(/C(=N/c1cccc(C)c1)OC)c1cc(C)ccc1OC. The van der Waals surface area contributed by atoms with Crippen LogP contribution in [-0.2, 0) is 9.47 Å². The van der Waals surface area contributed by atoms with Gasteiger partial charge in [0.1, 0.15) is 23.0 Å². The fraction of sp³-hybridized carbons (Fsp3) is 0.296. The molecular formula is C54H60N2O6. The van der Waals surface area contributed by atoms with Crippen LogP contribution < -0.4 is 18.9 Å². The highest BCUT2D eigenvalue weighted by atomic mass is 16.5. The number of methoxy groups -OCH3 is 4. The van der Waals surface area contributed by atoms with Crippen LogP contribution in [0.25, 0.3) is 0 Å². The van der Waals surface area contributed by atoms with Crippen molar-refractivity contribution < 1.29 is 28.4 Å². The Hall–Kier alpha value is -6.54. The highest BCUT2D eigenvalue weighted by Gasteiger charge is 2.30. The molecule has 0 amide bonds. The number of rotatable bonds is 17. The molecule has 6 rings (SSSR count). The highest BCUT2D eigenvalue weighted by Crippen LogP contribution is 2.42. The fourth-order valence-corrected chi connectivity index (χ4v) is 7.75. The second kappa shape index (κ2) is 21.3. The van der Waals surface area contributed by atoms with E-state index in [0.29, 0.717) is 25.0 Å². The number of aryl methyl sites for hydroxylation is 6. The third kappa shape index (κ3) is 11.2. The second-order valence-electron chi connectivity index (χ2n) is 15.8.